The number of nitrogens with one attached hydrogen (secondary N) is 1. The quantitative estimate of drug-likeness (QED) is 0.256. The van der Waals surface area contributed by atoms with Gasteiger partial charge in [0, 0.05) is 26.6 Å². The highest BCUT2D eigenvalue weighted by molar-refractivity contribution is 9.10. The van der Waals surface area contributed by atoms with Crippen molar-refractivity contribution in [2.75, 3.05) is 13.2 Å². The van der Waals surface area contributed by atoms with E-state index in [1.165, 1.54) is 6.07 Å². The number of rotatable bonds is 10. The average molecular weight is 562 g/mol. The fourth-order valence-electron chi connectivity index (χ4n) is 3.08. The summed E-state index contributed by atoms with van der Waals surface area (Å²) in [5, 5.41) is 5.02. The van der Waals surface area contributed by atoms with Crippen LogP contribution in [0.3, 0.4) is 0 Å². The molecule has 3 rings (SSSR count). The SMILES string of the molecule is CCOc1cc(CNCCc2ccc(Cl)cc2Cl)c(Br)cc1OCc1c(F)cccc1Cl. The van der Waals surface area contributed by atoms with Crippen LogP contribution in [0.4, 0.5) is 4.39 Å². The van der Waals surface area contributed by atoms with E-state index >= 15 is 0 Å². The third kappa shape index (κ3) is 6.75. The predicted molar refractivity (Wildman–Crippen MR) is 133 cm³/mol. The van der Waals surface area contributed by atoms with E-state index in [0.717, 1.165) is 28.6 Å². The van der Waals surface area contributed by atoms with Crippen LogP contribution < -0.4 is 14.8 Å². The van der Waals surface area contributed by atoms with E-state index in [0.29, 0.717) is 45.3 Å². The topological polar surface area (TPSA) is 30.5 Å². The Morgan fingerprint density at radius 2 is 1.72 bits per heavy atom. The molecule has 0 amide bonds. The van der Waals surface area contributed by atoms with Crippen molar-refractivity contribution in [1.82, 2.24) is 5.32 Å². The van der Waals surface area contributed by atoms with Gasteiger partial charge in [0.2, 0.25) is 0 Å². The van der Waals surface area contributed by atoms with Crippen molar-refractivity contribution >= 4 is 50.7 Å². The van der Waals surface area contributed by atoms with Crippen LogP contribution in [0.25, 0.3) is 0 Å². The van der Waals surface area contributed by atoms with E-state index in [9.17, 15) is 4.39 Å². The second-order valence-corrected chi connectivity index (χ2v) is 9.08. The van der Waals surface area contributed by atoms with Crippen LogP contribution in [-0.4, -0.2) is 13.2 Å². The standard InChI is InChI=1S/C24H22BrCl3FNO2/c1-2-31-23-10-16(13-30-9-8-15-6-7-17(26)11-21(15)28)19(25)12-24(23)32-14-18-20(27)4-3-5-22(18)29/h3-7,10-12,30H,2,8-9,13-14H2,1H3. The molecule has 0 saturated carbocycles. The predicted octanol–water partition coefficient (Wildman–Crippen LogP) is 7.86. The molecule has 0 heterocycles. The van der Waals surface area contributed by atoms with Gasteiger partial charge in [-0.2, -0.15) is 0 Å². The van der Waals surface area contributed by atoms with Gasteiger partial charge in [0.1, 0.15) is 12.4 Å². The molecule has 0 saturated heterocycles. The zero-order chi connectivity index (χ0) is 23.1. The van der Waals surface area contributed by atoms with Gasteiger partial charge in [-0.05, 0) is 67.4 Å². The molecule has 3 aromatic carbocycles. The Morgan fingerprint density at radius 1 is 0.938 bits per heavy atom. The van der Waals surface area contributed by atoms with Gasteiger partial charge in [-0.3, -0.25) is 0 Å². The minimum Gasteiger partial charge on any atom is -0.490 e. The van der Waals surface area contributed by atoms with Crippen LogP contribution in [0.15, 0.2) is 53.0 Å². The summed E-state index contributed by atoms with van der Waals surface area (Å²) in [5.74, 6) is 0.687. The first-order valence-corrected chi connectivity index (χ1v) is 12.0. The lowest BCUT2D eigenvalue weighted by molar-refractivity contribution is 0.265. The lowest BCUT2D eigenvalue weighted by Crippen LogP contribution is -2.17. The molecular weight excluding hydrogens is 540 g/mol. The molecule has 3 aromatic rings. The van der Waals surface area contributed by atoms with Gasteiger partial charge in [-0.15, -0.1) is 0 Å². The van der Waals surface area contributed by atoms with Crippen molar-refractivity contribution in [3.63, 3.8) is 0 Å². The van der Waals surface area contributed by atoms with Gasteiger partial charge in [0.05, 0.1) is 11.6 Å². The van der Waals surface area contributed by atoms with Gasteiger partial charge in [0.15, 0.2) is 11.5 Å². The highest BCUT2D eigenvalue weighted by Crippen LogP contribution is 2.35. The fourth-order valence-corrected chi connectivity index (χ4v) is 4.27. The van der Waals surface area contributed by atoms with E-state index < -0.39 is 5.82 Å². The number of hydrogen-bond acceptors (Lipinski definition) is 3. The summed E-state index contributed by atoms with van der Waals surface area (Å²) in [6, 6.07) is 13.8. The summed E-state index contributed by atoms with van der Waals surface area (Å²) < 4.78 is 26.5. The minimum absolute atomic E-state index is 0.00251. The zero-order valence-electron chi connectivity index (χ0n) is 17.4. The highest BCUT2D eigenvalue weighted by atomic mass is 79.9. The van der Waals surface area contributed by atoms with Crippen molar-refractivity contribution in [3.05, 3.63) is 90.6 Å². The van der Waals surface area contributed by atoms with E-state index in [-0.39, 0.29) is 6.61 Å². The molecule has 0 fully saturated rings. The first kappa shape index (κ1) is 25.1. The normalized spacial score (nSPS) is 10.9. The van der Waals surface area contributed by atoms with Crippen molar-refractivity contribution in [3.8, 4) is 11.5 Å². The Bertz CT molecular complexity index is 1060. The molecule has 0 aliphatic carbocycles. The number of hydrogen-bond donors (Lipinski definition) is 1. The molecule has 0 aromatic heterocycles. The highest BCUT2D eigenvalue weighted by Gasteiger charge is 2.14. The summed E-state index contributed by atoms with van der Waals surface area (Å²) in [4.78, 5) is 0. The second kappa shape index (κ2) is 12.1. The third-order valence-corrected chi connectivity index (χ3v) is 6.43. The van der Waals surface area contributed by atoms with Crippen LogP contribution >= 0.6 is 50.7 Å². The molecule has 0 bridgehead atoms. The Balaban J connectivity index is 1.65. The molecule has 0 aliphatic rings. The maximum absolute atomic E-state index is 14.1. The van der Waals surface area contributed by atoms with Gasteiger partial charge in [-0.1, -0.05) is 62.9 Å². The summed E-state index contributed by atoms with van der Waals surface area (Å²) >= 11 is 21.9. The zero-order valence-corrected chi connectivity index (χ0v) is 21.2. The Hall–Kier alpha value is -1.50. The van der Waals surface area contributed by atoms with Gasteiger partial charge < -0.3 is 14.8 Å². The van der Waals surface area contributed by atoms with E-state index in [2.05, 4.69) is 21.2 Å². The first-order valence-electron chi connectivity index (χ1n) is 10.0. The van der Waals surface area contributed by atoms with Crippen molar-refractivity contribution in [2.24, 2.45) is 0 Å². The van der Waals surface area contributed by atoms with Crippen molar-refractivity contribution < 1.29 is 13.9 Å². The molecule has 170 valence electrons. The van der Waals surface area contributed by atoms with Crippen molar-refractivity contribution in [1.29, 1.82) is 0 Å². The smallest absolute Gasteiger partial charge is 0.162 e. The number of benzene rings is 3. The third-order valence-electron chi connectivity index (χ3n) is 4.75. The molecule has 32 heavy (non-hydrogen) atoms. The Labute approximate surface area is 210 Å². The van der Waals surface area contributed by atoms with Gasteiger partial charge >= 0.3 is 0 Å². The first-order chi connectivity index (χ1) is 15.4. The Morgan fingerprint density at radius 3 is 2.44 bits per heavy atom. The van der Waals surface area contributed by atoms with Crippen LogP contribution in [0.5, 0.6) is 11.5 Å². The molecule has 8 heteroatoms. The fraction of sp³-hybridized carbons (Fsp3) is 0.250. The molecule has 0 unspecified atom stereocenters. The molecular formula is C24H22BrCl3FNO2. The van der Waals surface area contributed by atoms with Crippen LogP contribution in [-0.2, 0) is 19.6 Å². The van der Waals surface area contributed by atoms with Crippen LogP contribution in [0.1, 0.15) is 23.6 Å². The molecule has 0 aliphatic heterocycles. The van der Waals surface area contributed by atoms with E-state index in [1.54, 1.807) is 18.2 Å². The van der Waals surface area contributed by atoms with Crippen LogP contribution in [0, 0.1) is 5.82 Å². The van der Waals surface area contributed by atoms with E-state index in [4.69, 9.17) is 44.3 Å². The lowest BCUT2D eigenvalue weighted by Gasteiger charge is -2.16. The summed E-state index contributed by atoms with van der Waals surface area (Å²) in [6.45, 7) is 3.72. The Kier molecular flexibility index (Phi) is 9.50. The molecule has 3 nitrogen and oxygen atoms in total. The largest absolute Gasteiger partial charge is 0.490 e. The second-order valence-electron chi connectivity index (χ2n) is 6.97. The maximum atomic E-state index is 14.1. The molecule has 0 spiro atoms. The summed E-state index contributed by atoms with van der Waals surface area (Å²) in [5.41, 5.74) is 2.35. The minimum atomic E-state index is -0.406. The number of halogens is 5. The summed E-state index contributed by atoms with van der Waals surface area (Å²) in [7, 11) is 0. The maximum Gasteiger partial charge on any atom is 0.162 e. The molecule has 0 atom stereocenters. The van der Waals surface area contributed by atoms with Gasteiger partial charge in [0.25, 0.3) is 0 Å². The summed E-state index contributed by atoms with van der Waals surface area (Å²) in [6.07, 6.45) is 0.774. The molecule has 1 N–H and O–H groups in total. The molecule has 0 radical (unpaired) electrons. The van der Waals surface area contributed by atoms with E-state index in [1.807, 2.05) is 31.2 Å². The van der Waals surface area contributed by atoms with Crippen molar-refractivity contribution in [2.45, 2.75) is 26.5 Å². The van der Waals surface area contributed by atoms with Gasteiger partial charge in [-0.25, -0.2) is 4.39 Å². The lowest BCUT2D eigenvalue weighted by atomic mass is 10.1. The average Bonchev–Trinajstić information content (AvgIpc) is 2.74. The van der Waals surface area contributed by atoms with Crippen LogP contribution in [0.2, 0.25) is 15.1 Å². The number of ether oxygens (including phenoxy) is 2. The monoisotopic (exact) mass is 559 g/mol.